The molecule has 0 atom stereocenters. The zero-order valence-corrected chi connectivity index (χ0v) is 12.3. The van der Waals surface area contributed by atoms with Crippen LogP contribution < -0.4 is 9.47 Å². The molecule has 2 aromatic carbocycles. The summed E-state index contributed by atoms with van der Waals surface area (Å²) in [5, 5.41) is 1.21. The summed E-state index contributed by atoms with van der Waals surface area (Å²) in [6.45, 7) is 0.880. The highest BCUT2D eigenvalue weighted by Gasteiger charge is 1.98. The van der Waals surface area contributed by atoms with Crippen LogP contribution >= 0.6 is 23.2 Å². The van der Waals surface area contributed by atoms with Gasteiger partial charge in [0.1, 0.15) is 24.7 Å². The molecule has 104 valence electrons. The molecule has 0 heterocycles. The van der Waals surface area contributed by atoms with Gasteiger partial charge in [0.25, 0.3) is 0 Å². The lowest BCUT2D eigenvalue weighted by Gasteiger charge is -2.05. The summed E-state index contributed by atoms with van der Waals surface area (Å²) in [6, 6.07) is 14.7. The lowest BCUT2D eigenvalue weighted by molar-refractivity contribution is 0.350. The van der Waals surface area contributed by atoms with Crippen molar-refractivity contribution in [1.29, 1.82) is 0 Å². The minimum atomic E-state index is 0.440. The fraction of sp³-hybridized carbons (Fsp3) is 0.125. The molecule has 0 aliphatic carbocycles. The second kappa shape index (κ2) is 7.83. The largest absolute Gasteiger partial charge is 0.488 e. The first-order valence-corrected chi connectivity index (χ1v) is 6.92. The van der Waals surface area contributed by atoms with Crippen LogP contribution in [0, 0.1) is 0 Å². The summed E-state index contributed by atoms with van der Waals surface area (Å²) in [4.78, 5) is 0. The number of hydrogen-bond acceptors (Lipinski definition) is 2. The van der Waals surface area contributed by atoms with E-state index in [1.165, 1.54) is 0 Å². The molecule has 0 N–H and O–H groups in total. The maximum Gasteiger partial charge on any atom is 0.138 e. The summed E-state index contributed by atoms with van der Waals surface area (Å²) < 4.78 is 11.0. The molecule has 2 rings (SSSR count). The molecule has 4 heteroatoms. The Kier molecular flexibility index (Phi) is 5.78. The van der Waals surface area contributed by atoms with Crippen molar-refractivity contribution in [2.75, 3.05) is 13.2 Å². The van der Waals surface area contributed by atoms with Crippen LogP contribution in [-0.2, 0) is 0 Å². The molecule has 0 fully saturated rings. The van der Waals surface area contributed by atoms with Gasteiger partial charge in [-0.25, -0.2) is 0 Å². The van der Waals surface area contributed by atoms with E-state index in [9.17, 15) is 0 Å². The molecule has 0 saturated heterocycles. The molecule has 2 nitrogen and oxygen atoms in total. The molecule has 0 aliphatic rings. The number of benzene rings is 2. The van der Waals surface area contributed by atoms with E-state index in [1.807, 2.05) is 48.6 Å². The van der Waals surface area contributed by atoms with E-state index < -0.39 is 0 Å². The fourth-order valence-corrected chi connectivity index (χ4v) is 1.92. The molecule has 0 aromatic heterocycles. The van der Waals surface area contributed by atoms with Crippen molar-refractivity contribution in [2.45, 2.75) is 0 Å². The molecule has 0 radical (unpaired) electrons. The highest BCUT2D eigenvalue weighted by Crippen LogP contribution is 2.23. The van der Waals surface area contributed by atoms with Crippen molar-refractivity contribution in [3.05, 3.63) is 70.7 Å². The van der Waals surface area contributed by atoms with E-state index in [0.29, 0.717) is 34.8 Å². The highest BCUT2D eigenvalue weighted by atomic mass is 35.5. The van der Waals surface area contributed by atoms with Crippen molar-refractivity contribution in [1.82, 2.24) is 0 Å². The number of rotatable bonds is 6. The van der Waals surface area contributed by atoms with Crippen LogP contribution in [0.3, 0.4) is 0 Å². The summed E-state index contributed by atoms with van der Waals surface area (Å²) >= 11 is 11.9. The van der Waals surface area contributed by atoms with E-state index in [4.69, 9.17) is 32.7 Å². The zero-order chi connectivity index (χ0) is 14.2. The Morgan fingerprint density at radius 2 is 1.10 bits per heavy atom. The Morgan fingerprint density at radius 1 is 0.700 bits per heavy atom. The summed E-state index contributed by atoms with van der Waals surface area (Å²) in [6.07, 6.45) is 3.75. The average molecular weight is 309 g/mol. The van der Waals surface area contributed by atoms with Gasteiger partial charge in [-0.05, 0) is 36.4 Å². The molecule has 0 spiro atoms. The first-order valence-electron chi connectivity index (χ1n) is 6.17. The van der Waals surface area contributed by atoms with E-state index in [-0.39, 0.29) is 0 Å². The van der Waals surface area contributed by atoms with E-state index in [1.54, 1.807) is 12.1 Å². The number of halogens is 2. The van der Waals surface area contributed by atoms with Crippen molar-refractivity contribution in [3.63, 3.8) is 0 Å². The zero-order valence-electron chi connectivity index (χ0n) is 10.8. The van der Waals surface area contributed by atoms with Crippen LogP contribution in [0.25, 0.3) is 0 Å². The van der Waals surface area contributed by atoms with Gasteiger partial charge in [-0.1, -0.05) is 47.5 Å². The summed E-state index contributed by atoms with van der Waals surface area (Å²) in [7, 11) is 0. The Balaban J connectivity index is 1.73. The van der Waals surface area contributed by atoms with Crippen LogP contribution in [0.1, 0.15) is 0 Å². The molecular weight excluding hydrogens is 295 g/mol. The molecule has 20 heavy (non-hydrogen) atoms. The second-order valence-corrected chi connectivity index (χ2v) is 4.77. The van der Waals surface area contributed by atoms with Gasteiger partial charge >= 0.3 is 0 Å². The maximum absolute atomic E-state index is 5.97. The molecular formula is C16H14Cl2O2. The van der Waals surface area contributed by atoms with Crippen LogP contribution in [0.4, 0.5) is 0 Å². The second-order valence-electron chi connectivity index (χ2n) is 3.95. The molecule has 0 unspecified atom stereocenters. The quantitative estimate of drug-likeness (QED) is 0.699. The van der Waals surface area contributed by atoms with Gasteiger partial charge in [-0.3, -0.25) is 0 Å². The van der Waals surface area contributed by atoms with Gasteiger partial charge in [0.2, 0.25) is 0 Å². The molecule has 0 bridgehead atoms. The summed E-state index contributed by atoms with van der Waals surface area (Å²) in [5.74, 6) is 1.34. The predicted octanol–water partition coefficient (Wildman–Crippen LogP) is 5.01. The third-order valence-corrected chi connectivity index (χ3v) is 3.13. The standard InChI is InChI=1S/C16H14Cl2O2/c17-13-7-1-3-9-15(13)19-11-5-6-12-20-16-10-4-2-8-14(16)18/h1-10H,11-12H2/b6-5+. The molecule has 2 aromatic rings. The predicted molar refractivity (Wildman–Crippen MR) is 83.0 cm³/mol. The SMILES string of the molecule is Clc1ccccc1OC/C=C/COc1ccccc1Cl. The monoisotopic (exact) mass is 308 g/mol. The van der Waals surface area contributed by atoms with Crippen LogP contribution in [0.15, 0.2) is 60.7 Å². The first-order chi connectivity index (χ1) is 9.77. The lowest BCUT2D eigenvalue weighted by atomic mass is 10.3. The third kappa shape index (κ3) is 4.48. The molecule has 0 saturated carbocycles. The average Bonchev–Trinajstić information content (AvgIpc) is 2.46. The number of para-hydroxylation sites is 2. The molecule has 0 aliphatic heterocycles. The Labute approximate surface area is 128 Å². The highest BCUT2D eigenvalue weighted by molar-refractivity contribution is 6.32. The minimum absolute atomic E-state index is 0.440. The van der Waals surface area contributed by atoms with Crippen LogP contribution in [0.5, 0.6) is 11.5 Å². The smallest absolute Gasteiger partial charge is 0.138 e. The lowest BCUT2D eigenvalue weighted by Crippen LogP contribution is -1.97. The number of hydrogen-bond donors (Lipinski definition) is 0. The van der Waals surface area contributed by atoms with Crippen molar-refractivity contribution in [3.8, 4) is 11.5 Å². The van der Waals surface area contributed by atoms with E-state index in [2.05, 4.69) is 0 Å². The topological polar surface area (TPSA) is 18.5 Å². The number of ether oxygens (including phenoxy) is 2. The Hall–Kier alpha value is -1.64. The maximum atomic E-state index is 5.97. The van der Waals surface area contributed by atoms with Gasteiger partial charge in [0, 0.05) is 0 Å². The first kappa shape index (κ1) is 14.8. The van der Waals surface area contributed by atoms with Crippen molar-refractivity contribution >= 4 is 23.2 Å². The van der Waals surface area contributed by atoms with E-state index in [0.717, 1.165) is 0 Å². The molecule has 0 amide bonds. The minimum Gasteiger partial charge on any atom is -0.488 e. The van der Waals surface area contributed by atoms with Crippen LogP contribution in [0.2, 0.25) is 10.0 Å². The van der Waals surface area contributed by atoms with Gasteiger partial charge in [-0.2, -0.15) is 0 Å². The van der Waals surface area contributed by atoms with E-state index >= 15 is 0 Å². The Bertz CT molecular complexity index is 531. The van der Waals surface area contributed by atoms with Crippen LogP contribution in [-0.4, -0.2) is 13.2 Å². The van der Waals surface area contributed by atoms with Gasteiger partial charge < -0.3 is 9.47 Å². The van der Waals surface area contributed by atoms with Gasteiger partial charge in [-0.15, -0.1) is 0 Å². The fourth-order valence-electron chi connectivity index (χ4n) is 1.54. The van der Waals surface area contributed by atoms with Crippen molar-refractivity contribution < 1.29 is 9.47 Å². The Morgan fingerprint density at radius 3 is 1.50 bits per heavy atom. The van der Waals surface area contributed by atoms with Gasteiger partial charge in [0.15, 0.2) is 0 Å². The van der Waals surface area contributed by atoms with Crippen molar-refractivity contribution in [2.24, 2.45) is 0 Å². The third-order valence-electron chi connectivity index (χ3n) is 2.51. The van der Waals surface area contributed by atoms with Gasteiger partial charge in [0.05, 0.1) is 10.0 Å². The normalized spacial score (nSPS) is 10.7. The summed E-state index contributed by atoms with van der Waals surface area (Å²) in [5.41, 5.74) is 0.